The van der Waals surface area contributed by atoms with Crippen molar-refractivity contribution < 1.29 is 53.1 Å². The highest BCUT2D eigenvalue weighted by Crippen LogP contribution is 2.66. The molecule has 0 bridgehead atoms. The molecule has 0 aliphatic carbocycles. The van der Waals surface area contributed by atoms with Crippen LogP contribution in [0.4, 0.5) is 10.5 Å². The number of carbonyl (C=O) groups excluding carboxylic acids is 4. The zero-order valence-corrected chi connectivity index (χ0v) is 36.0. The van der Waals surface area contributed by atoms with Gasteiger partial charge in [-0.2, -0.15) is 0 Å². The molecule has 0 aromatic heterocycles. The fourth-order valence-corrected chi connectivity index (χ4v) is 9.54. The van der Waals surface area contributed by atoms with Gasteiger partial charge in [-0.3, -0.25) is 19.3 Å². The minimum atomic E-state index is -2.26. The molecule has 14 nitrogen and oxygen atoms in total. The van der Waals surface area contributed by atoms with E-state index < -0.39 is 77.4 Å². The third-order valence-corrected chi connectivity index (χ3v) is 12.3. The molecule has 5 aromatic carbocycles. The minimum Gasteiger partial charge on any atom is -0.497 e. The van der Waals surface area contributed by atoms with Crippen LogP contribution in [0.5, 0.6) is 11.5 Å². The number of hydrogen-bond donors (Lipinski definition) is 3. The molecule has 332 valence electrons. The normalized spacial score (nSPS) is 22.6. The molecule has 2 saturated heterocycles. The molecular formula is C51H47N3O11. The topological polar surface area (TPSA) is 181 Å². The van der Waals surface area contributed by atoms with Gasteiger partial charge in [-0.25, -0.2) is 14.5 Å². The van der Waals surface area contributed by atoms with Crippen LogP contribution < -0.4 is 19.7 Å². The molecule has 0 radical (unpaired) electrons. The number of rotatable bonds is 11. The highest BCUT2D eigenvalue weighted by atomic mass is 16.6. The number of benzene rings is 5. The maximum Gasteiger partial charge on any atom is 0.329 e. The number of morpholine rings is 1. The van der Waals surface area contributed by atoms with Crippen LogP contribution in [0.2, 0.25) is 0 Å². The number of esters is 2. The average molecular weight is 878 g/mol. The number of nitrogens with one attached hydrogen (secondary N) is 1. The molecule has 3 aliphatic rings. The summed E-state index contributed by atoms with van der Waals surface area (Å²) in [6, 6.07) is 30.8. The van der Waals surface area contributed by atoms with E-state index in [1.165, 1.54) is 13.2 Å². The lowest BCUT2D eigenvalue weighted by Crippen LogP contribution is -2.56. The van der Waals surface area contributed by atoms with E-state index in [4.69, 9.17) is 18.9 Å². The lowest BCUT2D eigenvalue weighted by atomic mass is 9.65. The quantitative estimate of drug-likeness (QED) is 0.102. The number of nitrogens with zero attached hydrogens (tertiary/aromatic N) is 2. The molecule has 3 heterocycles. The van der Waals surface area contributed by atoms with Crippen molar-refractivity contribution in [1.82, 2.24) is 10.2 Å². The molecule has 8 rings (SSSR count). The van der Waals surface area contributed by atoms with Gasteiger partial charge >= 0.3 is 23.9 Å². The number of urea groups is 1. The second-order valence-corrected chi connectivity index (χ2v) is 16.3. The number of fused-ring (bicyclic) bond motifs is 3. The van der Waals surface area contributed by atoms with Crippen LogP contribution in [0.15, 0.2) is 127 Å². The molecule has 65 heavy (non-hydrogen) atoms. The van der Waals surface area contributed by atoms with Gasteiger partial charge < -0.3 is 34.5 Å². The zero-order valence-electron chi connectivity index (χ0n) is 36.0. The summed E-state index contributed by atoms with van der Waals surface area (Å²) in [6.07, 6.45) is -0.993. The molecule has 7 atom stereocenters. The first kappa shape index (κ1) is 44.1. The predicted molar refractivity (Wildman–Crippen MR) is 237 cm³/mol. The van der Waals surface area contributed by atoms with Gasteiger partial charge in [0.1, 0.15) is 47.6 Å². The smallest absolute Gasteiger partial charge is 0.329 e. The fraction of sp³-hybridized carbons (Fsp3) is 0.275. The Labute approximate surface area is 375 Å². The van der Waals surface area contributed by atoms with E-state index in [0.29, 0.717) is 39.3 Å². The molecule has 1 spiro atoms. The van der Waals surface area contributed by atoms with Crippen molar-refractivity contribution in [3.05, 3.63) is 161 Å². The Morgan fingerprint density at radius 1 is 0.785 bits per heavy atom. The van der Waals surface area contributed by atoms with Crippen molar-refractivity contribution in [2.24, 2.45) is 11.8 Å². The van der Waals surface area contributed by atoms with Crippen LogP contribution in [0.25, 0.3) is 0 Å². The van der Waals surface area contributed by atoms with E-state index in [1.807, 2.05) is 60.7 Å². The van der Waals surface area contributed by atoms with E-state index in [-0.39, 0.29) is 24.5 Å². The van der Waals surface area contributed by atoms with E-state index >= 15 is 4.79 Å². The summed E-state index contributed by atoms with van der Waals surface area (Å²) >= 11 is 0. The van der Waals surface area contributed by atoms with Gasteiger partial charge in [-0.15, -0.1) is 0 Å². The molecule has 3 N–H and O–H groups in total. The van der Waals surface area contributed by atoms with Crippen molar-refractivity contribution in [1.29, 1.82) is 0 Å². The van der Waals surface area contributed by atoms with Crippen LogP contribution in [-0.4, -0.2) is 84.5 Å². The lowest BCUT2D eigenvalue weighted by molar-refractivity contribution is -0.179. The third kappa shape index (κ3) is 7.83. The number of aliphatic carboxylic acids is 1. The first-order valence-corrected chi connectivity index (χ1v) is 21.1. The van der Waals surface area contributed by atoms with E-state index in [1.54, 1.807) is 86.5 Å². The number of ether oxygens (including phenoxy) is 4. The summed E-state index contributed by atoms with van der Waals surface area (Å²) in [5.74, 6) is 0.767. The zero-order chi connectivity index (χ0) is 46.0. The molecule has 14 heteroatoms. The van der Waals surface area contributed by atoms with Gasteiger partial charge in [-0.1, -0.05) is 98.5 Å². The van der Waals surface area contributed by atoms with Gasteiger partial charge in [0.25, 0.3) is 0 Å². The van der Waals surface area contributed by atoms with Crippen molar-refractivity contribution in [3.8, 4) is 23.3 Å². The Morgan fingerprint density at radius 2 is 1.43 bits per heavy atom. The van der Waals surface area contributed by atoms with Gasteiger partial charge in [0, 0.05) is 11.1 Å². The highest BCUT2D eigenvalue weighted by molar-refractivity contribution is 6.24. The van der Waals surface area contributed by atoms with E-state index in [9.17, 15) is 29.4 Å². The summed E-state index contributed by atoms with van der Waals surface area (Å²) in [7, 11) is 2.74. The molecule has 5 aromatic rings. The van der Waals surface area contributed by atoms with Crippen LogP contribution >= 0.6 is 0 Å². The number of aliphatic hydroxyl groups is 1. The molecule has 0 saturated carbocycles. The number of imide groups is 1. The SMILES string of the molecule is COC(=O)[C@@H](NC(=O)N1C(=O)[C@@]2(c3cc(C#Cc4ccc(OC)cc4)ccc31)[C@H](c1cccc(OCCO)c1)N1[C@H](c3ccccc3)[C@H](c3ccccc3)OC(=O)[C@H]1[C@@H]2C(=O)O)C(C)C. The second-order valence-electron chi connectivity index (χ2n) is 16.3. The number of carboxylic acid groups (broad SMARTS) is 1. The van der Waals surface area contributed by atoms with Crippen molar-refractivity contribution in [2.75, 3.05) is 32.3 Å². The first-order valence-electron chi connectivity index (χ1n) is 21.1. The Balaban J connectivity index is 1.43. The van der Waals surface area contributed by atoms with Crippen molar-refractivity contribution >= 4 is 35.5 Å². The maximum atomic E-state index is 16.2. The molecular weight excluding hydrogens is 831 g/mol. The summed E-state index contributed by atoms with van der Waals surface area (Å²) in [6.45, 7) is 3.04. The van der Waals surface area contributed by atoms with E-state index in [0.717, 1.165) is 4.90 Å². The Hall–Kier alpha value is -7.47. The first-order chi connectivity index (χ1) is 31.4. The van der Waals surface area contributed by atoms with Gasteiger partial charge in [-0.05, 0) is 82.8 Å². The number of amides is 3. The molecule has 0 unspecified atom stereocenters. The van der Waals surface area contributed by atoms with Crippen molar-refractivity contribution in [3.63, 3.8) is 0 Å². The molecule has 3 amide bonds. The van der Waals surface area contributed by atoms with Crippen LogP contribution in [0, 0.1) is 23.7 Å². The summed E-state index contributed by atoms with van der Waals surface area (Å²) in [5.41, 5.74) is 0.564. The van der Waals surface area contributed by atoms with E-state index in [2.05, 4.69) is 17.2 Å². The Bertz CT molecular complexity index is 2680. The number of anilines is 1. The monoisotopic (exact) mass is 877 g/mol. The van der Waals surface area contributed by atoms with Gasteiger partial charge in [0.15, 0.2) is 0 Å². The molecule has 3 aliphatic heterocycles. The summed E-state index contributed by atoms with van der Waals surface area (Å²) in [5, 5.41) is 24.1. The number of hydrogen-bond acceptors (Lipinski definition) is 11. The number of carbonyl (C=O) groups is 5. The maximum absolute atomic E-state index is 16.2. The van der Waals surface area contributed by atoms with Crippen LogP contribution in [0.3, 0.4) is 0 Å². The van der Waals surface area contributed by atoms with Gasteiger partial charge in [0.2, 0.25) is 5.91 Å². The number of methoxy groups -OCH3 is 2. The van der Waals surface area contributed by atoms with Crippen molar-refractivity contribution in [2.45, 2.75) is 49.5 Å². The fourth-order valence-electron chi connectivity index (χ4n) is 9.54. The Kier molecular flexibility index (Phi) is 12.4. The largest absolute Gasteiger partial charge is 0.497 e. The summed E-state index contributed by atoms with van der Waals surface area (Å²) < 4.78 is 22.6. The predicted octanol–water partition coefficient (Wildman–Crippen LogP) is 6.12. The molecule has 2 fully saturated rings. The number of aliphatic hydroxyl groups excluding tert-OH is 1. The average Bonchev–Trinajstić information content (AvgIpc) is 3.78. The third-order valence-electron chi connectivity index (χ3n) is 12.3. The standard InChI is InChI=1S/C51H47N3O11/c1-30(2)41(47(58)63-4)52-50(61)53-39-25-22-32(19-18-31-20-23-36(62-3)24-21-31)28-38(39)51(49(53)60)40(46(56)57)43-48(59)65-44(34-14-9-6-10-15-34)42(33-12-7-5-8-13-33)54(43)45(51)35-16-11-17-37(29-35)64-27-26-55/h5-17,20-25,28-30,40-45,55H,26-27H2,1-4H3,(H,52,61)(H,56,57)/t40-,41+,42-,43-,44+,45+,51-/m1/s1. The highest BCUT2D eigenvalue weighted by Gasteiger charge is 2.76. The number of cyclic esters (lactones) is 1. The van der Waals surface area contributed by atoms with Crippen LogP contribution in [0.1, 0.15) is 65.4 Å². The van der Waals surface area contributed by atoms with Crippen LogP contribution in [-0.2, 0) is 34.1 Å². The lowest BCUT2D eigenvalue weighted by Gasteiger charge is -2.46. The Morgan fingerprint density at radius 3 is 2.06 bits per heavy atom. The number of carboxylic acids is 1. The summed E-state index contributed by atoms with van der Waals surface area (Å²) in [4.78, 5) is 75.9. The minimum absolute atomic E-state index is 0.0305. The van der Waals surface area contributed by atoms with Gasteiger partial charge in [0.05, 0.1) is 38.6 Å². The second kappa shape index (κ2) is 18.3.